The third kappa shape index (κ3) is 6.26. The highest BCUT2D eigenvalue weighted by Crippen LogP contribution is 2.18. The van der Waals surface area contributed by atoms with Crippen LogP contribution in [0.5, 0.6) is 0 Å². The highest BCUT2D eigenvalue weighted by Gasteiger charge is 2.20. The largest absolute Gasteiger partial charge is 0.355 e. The van der Waals surface area contributed by atoms with Gasteiger partial charge in [-0.2, -0.15) is 0 Å². The molecule has 1 fully saturated rings. The molecule has 0 spiro atoms. The number of likely N-dealkylation sites (N-methyl/N-ethyl adjacent to an activating group) is 1. The van der Waals surface area contributed by atoms with E-state index >= 15 is 0 Å². The van der Waals surface area contributed by atoms with Crippen LogP contribution in [0.2, 0.25) is 0 Å². The van der Waals surface area contributed by atoms with E-state index in [4.69, 9.17) is 0 Å². The lowest BCUT2D eigenvalue weighted by Gasteiger charge is -2.16. The van der Waals surface area contributed by atoms with Gasteiger partial charge in [0.05, 0.1) is 6.54 Å². The summed E-state index contributed by atoms with van der Waals surface area (Å²) in [6, 6.07) is 0.626. The van der Waals surface area contributed by atoms with Crippen LogP contribution < -0.4 is 10.6 Å². The summed E-state index contributed by atoms with van der Waals surface area (Å²) in [4.78, 5) is 24.5. The molecule has 0 heterocycles. The Labute approximate surface area is 103 Å². The Morgan fingerprint density at radius 2 is 2.00 bits per heavy atom. The zero-order chi connectivity index (χ0) is 12.7. The predicted molar refractivity (Wildman–Crippen MR) is 66.6 cm³/mol. The molecule has 0 aromatic heterocycles. The average molecular weight is 241 g/mol. The maximum atomic E-state index is 11.7. The molecule has 0 unspecified atom stereocenters. The van der Waals surface area contributed by atoms with Gasteiger partial charge in [0, 0.05) is 32.6 Å². The molecule has 0 radical (unpaired) electrons. The summed E-state index contributed by atoms with van der Waals surface area (Å²) in [6.45, 7) is 3.54. The fourth-order valence-electron chi connectivity index (χ4n) is 1.49. The van der Waals surface area contributed by atoms with E-state index in [-0.39, 0.29) is 18.4 Å². The summed E-state index contributed by atoms with van der Waals surface area (Å²) in [7, 11) is 1.67. The zero-order valence-electron chi connectivity index (χ0n) is 10.8. The van der Waals surface area contributed by atoms with Crippen molar-refractivity contribution in [3.05, 3.63) is 0 Å². The normalized spacial score (nSPS) is 14.5. The molecule has 98 valence electrons. The molecule has 0 aromatic carbocycles. The van der Waals surface area contributed by atoms with Gasteiger partial charge in [-0.15, -0.1) is 0 Å². The van der Waals surface area contributed by atoms with Crippen molar-refractivity contribution in [3.8, 4) is 0 Å². The Balaban J connectivity index is 2.09. The van der Waals surface area contributed by atoms with E-state index in [0.29, 0.717) is 25.6 Å². The summed E-state index contributed by atoms with van der Waals surface area (Å²) in [6.07, 6.45) is 3.83. The Morgan fingerprint density at radius 1 is 1.29 bits per heavy atom. The van der Waals surface area contributed by atoms with Gasteiger partial charge in [0.1, 0.15) is 0 Å². The SMILES string of the molecule is CCCNC(=O)CN(C)C(=O)CCNC1CC1. The van der Waals surface area contributed by atoms with E-state index in [1.54, 1.807) is 7.05 Å². The van der Waals surface area contributed by atoms with Crippen molar-refractivity contribution in [2.75, 3.05) is 26.7 Å². The van der Waals surface area contributed by atoms with Crippen molar-refractivity contribution < 1.29 is 9.59 Å². The lowest BCUT2D eigenvalue weighted by Crippen LogP contribution is -2.39. The molecule has 0 bridgehead atoms. The number of nitrogens with zero attached hydrogens (tertiary/aromatic N) is 1. The number of hydrogen-bond donors (Lipinski definition) is 2. The third-order valence-corrected chi connectivity index (χ3v) is 2.73. The summed E-state index contributed by atoms with van der Waals surface area (Å²) in [5.74, 6) is -0.0670. The van der Waals surface area contributed by atoms with E-state index in [2.05, 4.69) is 10.6 Å². The summed E-state index contributed by atoms with van der Waals surface area (Å²) in [5.41, 5.74) is 0. The van der Waals surface area contributed by atoms with Crippen LogP contribution in [0.25, 0.3) is 0 Å². The summed E-state index contributed by atoms with van der Waals surface area (Å²) >= 11 is 0. The van der Waals surface area contributed by atoms with Gasteiger partial charge >= 0.3 is 0 Å². The highest BCUT2D eigenvalue weighted by atomic mass is 16.2. The van der Waals surface area contributed by atoms with Crippen LogP contribution in [0.3, 0.4) is 0 Å². The quantitative estimate of drug-likeness (QED) is 0.634. The number of rotatable bonds is 8. The molecule has 5 heteroatoms. The fourth-order valence-corrected chi connectivity index (χ4v) is 1.49. The number of carbonyl (C=O) groups is 2. The average Bonchev–Trinajstić information content (AvgIpc) is 3.10. The Morgan fingerprint density at radius 3 is 2.59 bits per heavy atom. The Bertz CT molecular complexity index is 264. The lowest BCUT2D eigenvalue weighted by atomic mass is 10.3. The molecular formula is C12H23N3O2. The van der Waals surface area contributed by atoms with E-state index in [1.807, 2.05) is 6.92 Å². The molecule has 1 saturated carbocycles. The van der Waals surface area contributed by atoms with Gasteiger partial charge < -0.3 is 15.5 Å². The van der Waals surface area contributed by atoms with Crippen molar-refractivity contribution in [3.63, 3.8) is 0 Å². The number of amides is 2. The van der Waals surface area contributed by atoms with Gasteiger partial charge in [0.25, 0.3) is 0 Å². The molecule has 0 aliphatic heterocycles. The number of nitrogens with one attached hydrogen (secondary N) is 2. The molecule has 0 aromatic rings. The molecule has 1 aliphatic carbocycles. The third-order valence-electron chi connectivity index (χ3n) is 2.73. The van der Waals surface area contributed by atoms with E-state index in [9.17, 15) is 9.59 Å². The maximum Gasteiger partial charge on any atom is 0.239 e. The topological polar surface area (TPSA) is 61.4 Å². The molecule has 1 aliphatic rings. The molecule has 2 N–H and O–H groups in total. The second kappa shape index (κ2) is 7.27. The Kier molecular flexibility index (Phi) is 5.97. The van der Waals surface area contributed by atoms with Gasteiger partial charge in [0.2, 0.25) is 11.8 Å². The van der Waals surface area contributed by atoms with E-state index < -0.39 is 0 Å². The second-order valence-electron chi connectivity index (χ2n) is 4.58. The monoisotopic (exact) mass is 241 g/mol. The molecule has 2 amide bonds. The molecule has 1 rings (SSSR count). The van der Waals surface area contributed by atoms with Crippen molar-refractivity contribution >= 4 is 11.8 Å². The number of hydrogen-bond acceptors (Lipinski definition) is 3. The highest BCUT2D eigenvalue weighted by molar-refractivity contribution is 5.84. The van der Waals surface area contributed by atoms with Gasteiger partial charge in [0.15, 0.2) is 0 Å². The van der Waals surface area contributed by atoms with Gasteiger partial charge in [-0.25, -0.2) is 0 Å². The van der Waals surface area contributed by atoms with Crippen molar-refractivity contribution in [2.45, 2.75) is 38.6 Å². The van der Waals surface area contributed by atoms with Crippen molar-refractivity contribution in [1.29, 1.82) is 0 Å². The van der Waals surface area contributed by atoms with Crippen molar-refractivity contribution in [1.82, 2.24) is 15.5 Å². The maximum absolute atomic E-state index is 11.7. The zero-order valence-corrected chi connectivity index (χ0v) is 10.8. The van der Waals surface area contributed by atoms with E-state index in [0.717, 1.165) is 6.42 Å². The first-order valence-corrected chi connectivity index (χ1v) is 6.37. The minimum absolute atomic E-state index is 0.0183. The Hall–Kier alpha value is -1.10. The van der Waals surface area contributed by atoms with Crippen LogP contribution >= 0.6 is 0 Å². The molecular weight excluding hydrogens is 218 g/mol. The molecule has 5 nitrogen and oxygen atoms in total. The molecule has 0 atom stereocenters. The van der Waals surface area contributed by atoms with Crippen molar-refractivity contribution in [2.24, 2.45) is 0 Å². The summed E-state index contributed by atoms with van der Waals surface area (Å²) < 4.78 is 0. The fraction of sp³-hybridized carbons (Fsp3) is 0.833. The molecule has 17 heavy (non-hydrogen) atoms. The van der Waals surface area contributed by atoms with Gasteiger partial charge in [-0.3, -0.25) is 9.59 Å². The minimum Gasteiger partial charge on any atom is -0.355 e. The second-order valence-corrected chi connectivity index (χ2v) is 4.58. The standard InChI is InChI=1S/C12H23N3O2/c1-3-7-14-11(16)9-15(2)12(17)6-8-13-10-4-5-10/h10,13H,3-9H2,1-2H3,(H,14,16). The minimum atomic E-state index is -0.0853. The predicted octanol–water partition coefficient (Wildman–Crippen LogP) is 0.113. The van der Waals surface area contributed by atoms with Crippen LogP contribution in [0, 0.1) is 0 Å². The summed E-state index contributed by atoms with van der Waals surface area (Å²) in [5, 5.41) is 6.04. The lowest BCUT2D eigenvalue weighted by molar-refractivity contribution is -0.134. The van der Waals surface area contributed by atoms with Crippen LogP contribution in [-0.2, 0) is 9.59 Å². The first-order valence-electron chi connectivity index (χ1n) is 6.37. The van der Waals surface area contributed by atoms with Crippen LogP contribution in [-0.4, -0.2) is 49.4 Å². The molecule has 0 saturated heterocycles. The number of carbonyl (C=O) groups excluding carboxylic acids is 2. The first-order chi connectivity index (χ1) is 8.13. The smallest absolute Gasteiger partial charge is 0.239 e. The first kappa shape index (κ1) is 14.0. The van der Waals surface area contributed by atoms with Gasteiger partial charge in [-0.1, -0.05) is 6.92 Å². The van der Waals surface area contributed by atoms with Crippen LogP contribution in [0.4, 0.5) is 0 Å². The van der Waals surface area contributed by atoms with E-state index in [1.165, 1.54) is 17.7 Å². The van der Waals surface area contributed by atoms with Crippen LogP contribution in [0.1, 0.15) is 32.6 Å². The van der Waals surface area contributed by atoms with Gasteiger partial charge in [-0.05, 0) is 19.3 Å². The van der Waals surface area contributed by atoms with Crippen LogP contribution in [0.15, 0.2) is 0 Å².